The van der Waals surface area contributed by atoms with Crippen LogP contribution in [0.15, 0.2) is 79.2 Å². The molecule has 0 amide bonds. The van der Waals surface area contributed by atoms with Crippen molar-refractivity contribution in [1.29, 1.82) is 0 Å². The predicted molar refractivity (Wildman–Crippen MR) is 139 cm³/mol. The summed E-state index contributed by atoms with van der Waals surface area (Å²) >= 11 is 1.37. The van der Waals surface area contributed by atoms with Crippen LogP contribution in [0.3, 0.4) is 0 Å². The normalized spacial score (nSPS) is 14.2. The summed E-state index contributed by atoms with van der Waals surface area (Å²) in [5.74, 6) is -0.142. The summed E-state index contributed by atoms with van der Waals surface area (Å²) < 4.78 is 17.3. The third-order valence-corrected chi connectivity index (χ3v) is 5.24. The van der Waals surface area contributed by atoms with Crippen LogP contribution in [-0.2, 0) is 23.8 Å². The van der Waals surface area contributed by atoms with E-state index in [0.29, 0.717) is 6.42 Å². The van der Waals surface area contributed by atoms with Gasteiger partial charge in [0.1, 0.15) is 5.83 Å². The first-order valence-corrected chi connectivity index (χ1v) is 14.3. The molecule has 1 aromatic heterocycles. The first kappa shape index (κ1) is 29.6. The summed E-state index contributed by atoms with van der Waals surface area (Å²) in [5, 5.41) is 1.25. The number of hydrogen-bond donors (Lipinski definition) is 0. The molecule has 0 N–H and O–H groups in total. The summed E-state index contributed by atoms with van der Waals surface area (Å²) in [6, 6.07) is 17.1. The van der Waals surface area contributed by atoms with Gasteiger partial charge in [0.15, 0.2) is 0 Å². The first-order valence-electron chi connectivity index (χ1n) is 11.6. The van der Waals surface area contributed by atoms with E-state index in [1.807, 2.05) is 19.9 Å². The fourth-order valence-corrected chi connectivity index (χ4v) is 4.03. The van der Waals surface area contributed by atoms with Gasteiger partial charge < -0.3 is 4.57 Å². The van der Waals surface area contributed by atoms with Gasteiger partial charge in [0.05, 0.1) is 6.04 Å². The molecule has 3 aromatic rings. The molecule has 2 aromatic carbocycles. The number of halogens is 1. The standard InChI is InChI=1S/C25H23FN.C2H6.C2H5.Cr.Pb/c1-3-7-24-25(19-12-10-18(4-2)11-13-19)22-8-5-6-9-23(22)27(24)21-16-14-20(26)15-17-21;2*1-2;;/h5-6,8-16,21H,2-3,7,17H2,1H3;1-2H3;1H2,2H3;;/q-1;;;;. The molecule has 3 radical (unpaired) electrons. The second-order valence-electron chi connectivity index (χ2n) is 7.32. The zero-order chi connectivity index (χ0) is 23.5. The average molecular weight is 675 g/mol. The quantitative estimate of drug-likeness (QED) is 0.189. The van der Waals surface area contributed by atoms with Crippen LogP contribution in [0.5, 0.6) is 0 Å². The van der Waals surface area contributed by atoms with Crippen molar-refractivity contribution in [1.82, 2.24) is 4.57 Å². The summed E-state index contributed by atoms with van der Waals surface area (Å²) in [5.41, 5.74) is 6.01. The summed E-state index contributed by atoms with van der Waals surface area (Å²) in [6.45, 7) is 12.1. The fraction of sp³-hybridized carbons (Fsp3) is 0.310. The third-order valence-electron chi connectivity index (χ3n) is 5.24. The average Bonchev–Trinajstić information content (AvgIpc) is 3.15. The Morgan fingerprint density at radius 2 is 1.73 bits per heavy atom. The van der Waals surface area contributed by atoms with Crippen LogP contribution < -0.4 is 0 Å². The van der Waals surface area contributed by atoms with Gasteiger partial charge in [-0.2, -0.15) is 30.4 Å². The van der Waals surface area contributed by atoms with E-state index in [4.69, 9.17) is 0 Å². The number of nitrogens with zero attached hydrogens (tertiary/aromatic N) is 1. The second-order valence-corrected chi connectivity index (χ2v) is 10.1. The topological polar surface area (TPSA) is 4.93 Å². The van der Waals surface area contributed by atoms with Crippen LogP contribution >= 0.6 is 0 Å². The monoisotopic (exact) mass is 675 g/mol. The zero-order valence-electron chi connectivity index (χ0n) is 20.2. The SMILES string of the molecule is C=[C-]c1ccc(-c2c(CCC)n(C3C=CC(F)=CC3)c3ccccc23)cc1.CC.C[CH2][Pb].[Cr]. The molecule has 1 heterocycles. The number of fused-ring (bicyclic) bond motifs is 1. The molecule has 1 nitrogen and oxygen atoms in total. The van der Waals surface area contributed by atoms with Gasteiger partial charge in [-0.15, -0.1) is 12.1 Å². The van der Waals surface area contributed by atoms with Crippen molar-refractivity contribution in [2.24, 2.45) is 0 Å². The molecule has 1 aliphatic carbocycles. The van der Waals surface area contributed by atoms with E-state index in [1.54, 1.807) is 12.2 Å². The van der Waals surface area contributed by atoms with Gasteiger partial charge in [-0.3, -0.25) is 0 Å². The van der Waals surface area contributed by atoms with Crippen LogP contribution in [0, 0.1) is 6.08 Å². The van der Waals surface area contributed by atoms with Gasteiger partial charge in [0.25, 0.3) is 0 Å². The van der Waals surface area contributed by atoms with E-state index < -0.39 is 0 Å². The first-order chi connectivity index (χ1) is 15.6. The number of para-hydroxylation sites is 1. The molecule has 1 unspecified atom stereocenters. The van der Waals surface area contributed by atoms with Crippen LogP contribution in [0.2, 0.25) is 3.98 Å². The van der Waals surface area contributed by atoms with Crippen molar-refractivity contribution in [2.45, 2.75) is 57.0 Å². The Morgan fingerprint density at radius 1 is 1.09 bits per heavy atom. The smallest absolute Gasteiger partial charge is 0 e. The van der Waals surface area contributed by atoms with Crippen LogP contribution in [0.25, 0.3) is 22.0 Å². The van der Waals surface area contributed by atoms with Crippen molar-refractivity contribution in [3.8, 4) is 11.1 Å². The minimum absolute atomic E-state index is 0. The van der Waals surface area contributed by atoms with E-state index in [9.17, 15) is 4.39 Å². The van der Waals surface area contributed by atoms with Gasteiger partial charge in [-0.25, -0.2) is 4.39 Å². The molecule has 0 aliphatic heterocycles. The van der Waals surface area contributed by atoms with Crippen molar-refractivity contribution in [3.63, 3.8) is 0 Å². The maximum absolute atomic E-state index is 13.5. The number of allylic oxidation sites excluding steroid dienone is 4. The van der Waals surface area contributed by atoms with Gasteiger partial charge in [0.2, 0.25) is 0 Å². The van der Waals surface area contributed by atoms with Crippen LogP contribution in [-0.4, -0.2) is 30.3 Å². The van der Waals surface area contributed by atoms with Crippen molar-refractivity contribution < 1.29 is 21.8 Å². The Bertz CT molecular complexity index is 1060. The van der Waals surface area contributed by atoms with Gasteiger partial charge >= 0.3 is 36.7 Å². The summed E-state index contributed by atoms with van der Waals surface area (Å²) in [7, 11) is 0. The Labute approximate surface area is 226 Å². The molecule has 173 valence electrons. The van der Waals surface area contributed by atoms with Crippen molar-refractivity contribution >= 4 is 36.7 Å². The van der Waals surface area contributed by atoms with E-state index in [-0.39, 0.29) is 29.2 Å². The van der Waals surface area contributed by atoms with Crippen LogP contribution in [0.1, 0.15) is 57.8 Å². The molecule has 1 atom stereocenters. The maximum atomic E-state index is 13.5. The Kier molecular flexibility index (Phi) is 13.9. The molecule has 0 fully saturated rings. The molecule has 0 bridgehead atoms. The second kappa shape index (κ2) is 15.5. The number of rotatable bonds is 5. The van der Waals surface area contributed by atoms with Crippen LogP contribution in [0.4, 0.5) is 4.39 Å². The molecule has 33 heavy (non-hydrogen) atoms. The van der Waals surface area contributed by atoms with Crippen molar-refractivity contribution in [3.05, 3.63) is 96.5 Å². The molecular formula is C29H34CrFNPb-. The molecular weight excluding hydrogens is 641 g/mol. The summed E-state index contributed by atoms with van der Waals surface area (Å²) in [6.07, 6.45) is 10.9. The Balaban J connectivity index is 0.000000841. The molecule has 0 saturated carbocycles. The van der Waals surface area contributed by atoms with E-state index in [0.717, 1.165) is 18.4 Å². The zero-order valence-corrected chi connectivity index (χ0v) is 25.4. The maximum Gasteiger partial charge on any atom is 0 e. The van der Waals surface area contributed by atoms with Gasteiger partial charge in [-0.1, -0.05) is 51.5 Å². The van der Waals surface area contributed by atoms with E-state index >= 15 is 0 Å². The van der Waals surface area contributed by atoms with Crippen molar-refractivity contribution in [2.75, 3.05) is 0 Å². The number of aromatic nitrogens is 1. The minimum atomic E-state index is -0.142. The van der Waals surface area contributed by atoms with Gasteiger partial charge in [-0.05, 0) is 36.6 Å². The fourth-order valence-electron chi connectivity index (χ4n) is 4.03. The molecule has 4 rings (SSSR count). The van der Waals surface area contributed by atoms with E-state index in [2.05, 4.69) is 79.6 Å². The number of hydrogen-bond acceptors (Lipinski definition) is 0. The Hall–Kier alpha value is -1.42. The van der Waals surface area contributed by atoms with Gasteiger partial charge in [0, 0.05) is 39.5 Å². The molecule has 0 spiro atoms. The largest absolute Gasteiger partial charge is 0 e. The molecule has 4 heteroatoms. The predicted octanol–water partition coefficient (Wildman–Crippen LogP) is 8.57. The minimum Gasteiger partial charge on any atom is 0 e. The molecule has 1 aliphatic rings. The third kappa shape index (κ3) is 7.28. The molecule has 0 saturated heterocycles. The Morgan fingerprint density at radius 3 is 2.27 bits per heavy atom. The number of benzene rings is 2. The summed E-state index contributed by atoms with van der Waals surface area (Å²) in [4.78, 5) is 0. The van der Waals surface area contributed by atoms with E-state index in [1.165, 1.54) is 57.5 Å².